The van der Waals surface area contributed by atoms with Gasteiger partial charge in [-0.2, -0.15) is 0 Å². The third-order valence-corrected chi connectivity index (χ3v) is 1.37. The summed E-state index contributed by atoms with van der Waals surface area (Å²) in [6.07, 6.45) is 0. The van der Waals surface area contributed by atoms with Gasteiger partial charge in [0, 0.05) is 0 Å². The maximum atomic E-state index is 11.3. The second kappa shape index (κ2) is 4.04. The fourth-order valence-electron chi connectivity index (χ4n) is 0.559. The first-order valence-corrected chi connectivity index (χ1v) is 3.99. The lowest BCUT2D eigenvalue weighted by atomic mass is 10.0. The summed E-state index contributed by atoms with van der Waals surface area (Å²) in [5.74, 6) is -0.801. The molecule has 4 N–H and O–H groups in total. The van der Waals surface area contributed by atoms with Crippen LogP contribution < -0.4 is 5.73 Å². The highest BCUT2D eigenvalue weighted by Gasteiger charge is 2.36. The van der Waals surface area contributed by atoms with Gasteiger partial charge in [-0.1, -0.05) is 0 Å². The van der Waals surface area contributed by atoms with Crippen molar-refractivity contribution in [1.82, 2.24) is 0 Å². The fourth-order valence-corrected chi connectivity index (χ4v) is 0.559. The number of ether oxygens (including phenoxy) is 1. The third-order valence-electron chi connectivity index (χ3n) is 1.37. The summed E-state index contributed by atoms with van der Waals surface area (Å²) in [6, 6.07) is 0. The molecule has 0 aliphatic heterocycles. The summed E-state index contributed by atoms with van der Waals surface area (Å²) in [6.45, 7) is 3.76. The molecule has 0 amide bonds. The Morgan fingerprint density at radius 2 is 1.69 bits per heavy atom. The summed E-state index contributed by atoms with van der Waals surface area (Å²) >= 11 is 0. The second-order valence-electron chi connectivity index (χ2n) is 3.97. The summed E-state index contributed by atoms with van der Waals surface area (Å²) in [5, 5.41) is 17.5. The Morgan fingerprint density at radius 3 is 1.92 bits per heavy atom. The van der Waals surface area contributed by atoms with E-state index in [1.54, 1.807) is 20.8 Å². The van der Waals surface area contributed by atoms with Crippen molar-refractivity contribution >= 4 is 5.97 Å². The van der Waals surface area contributed by atoms with E-state index >= 15 is 0 Å². The lowest BCUT2D eigenvalue weighted by molar-refractivity contribution is -0.165. The number of carbonyl (C=O) groups excluding carboxylic acids is 1. The van der Waals surface area contributed by atoms with Crippen LogP contribution in [0.3, 0.4) is 0 Å². The molecule has 0 saturated carbocycles. The molecule has 0 heterocycles. The molecule has 0 unspecified atom stereocenters. The predicted octanol–water partition coefficient (Wildman–Crippen LogP) is -0.990. The van der Waals surface area contributed by atoms with Gasteiger partial charge in [0.2, 0.25) is 0 Å². The molecule has 13 heavy (non-hydrogen) atoms. The van der Waals surface area contributed by atoms with Gasteiger partial charge in [0.1, 0.15) is 5.60 Å². The van der Waals surface area contributed by atoms with Gasteiger partial charge in [-0.25, -0.2) is 4.79 Å². The van der Waals surface area contributed by atoms with Crippen LogP contribution in [0.15, 0.2) is 0 Å². The molecular formula is C8H17NO4. The van der Waals surface area contributed by atoms with E-state index in [9.17, 15) is 4.79 Å². The van der Waals surface area contributed by atoms with Crippen LogP contribution in [0.25, 0.3) is 0 Å². The molecule has 0 rings (SSSR count). The van der Waals surface area contributed by atoms with Gasteiger partial charge in [0.25, 0.3) is 0 Å². The average Bonchev–Trinajstić information content (AvgIpc) is 2.00. The topological polar surface area (TPSA) is 92.8 Å². The van der Waals surface area contributed by atoms with Crippen molar-refractivity contribution < 1.29 is 19.7 Å². The third kappa shape index (κ3) is 3.71. The first kappa shape index (κ1) is 12.3. The summed E-state index contributed by atoms with van der Waals surface area (Å²) in [7, 11) is 0. The number of hydrogen-bond acceptors (Lipinski definition) is 5. The number of carbonyl (C=O) groups is 1. The van der Waals surface area contributed by atoms with Gasteiger partial charge < -0.3 is 20.7 Å². The smallest absolute Gasteiger partial charge is 0.331 e. The molecule has 0 aromatic rings. The SMILES string of the molecule is CC(C)(C)OC(=O)C(N)(CO)CO. The van der Waals surface area contributed by atoms with Crippen molar-refractivity contribution in [3.63, 3.8) is 0 Å². The minimum Gasteiger partial charge on any atom is -0.458 e. The number of aliphatic hydroxyl groups excluding tert-OH is 2. The van der Waals surface area contributed by atoms with Crippen molar-refractivity contribution in [2.75, 3.05) is 13.2 Å². The zero-order valence-corrected chi connectivity index (χ0v) is 8.20. The van der Waals surface area contributed by atoms with Gasteiger partial charge in [-0.3, -0.25) is 0 Å². The molecule has 0 saturated heterocycles. The number of rotatable bonds is 3. The summed E-state index contributed by atoms with van der Waals surface area (Å²) < 4.78 is 4.90. The first-order valence-electron chi connectivity index (χ1n) is 3.99. The maximum Gasteiger partial charge on any atom is 0.331 e. The molecule has 0 fully saturated rings. The van der Waals surface area contributed by atoms with E-state index in [0.717, 1.165) is 0 Å². The summed E-state index contributed by atoms with van der Waals surface area (Å²) in [5.41, 5.74) is 3.00. The lowest BCUT2D eigenvalue weighted by Gasteiger charge is -2.28. The van der Waals surface area contributed by atoms with E-state index < -0.39 is 30.3 Å². The minimum atomic E-state index is -1.70. The molecule has 0 radical (unpaired) electrons. The normalized spacial score (nSPS) is 12.8. The molecule has 0 aromatic heterocycles. The van der Waals surface area contributed by atoms with E-state index in [4.69, 9.17) is 20.7 Å². The summed E-state index contributed by atoms with van der Waals surface area (Å²) in [4.78, 5) is 11.3. The minimum absolute atomic E-state index is 0.640. The first-order chi connectivity index (χ1) is 5.75. The van der Waals surface area contributed by atoms with Crippen LogP contribution in [0.5, 0.6) is 0 Å². The molecule has 0 aromatic carbocycles. The highest BCUT2D eigenvalue weighted by Crippen LogP contribution is 2.12. The van der Waals surface area contributed by atoms with E-state index in [-0.39, 0.29) is 0 Å². The standard InChI is InChI=1S/C8H17NO4/c1-7(2,3)13-6(12)8(9,4-10)5-11/h10-11H,4-5,9H2,1-3H3. The molecule has 5 heteroatoms. The molecule has 0 aliphatic rings. The van der Waals surface area contributed by atoms with Gasteiger partial charge in [-0.15, -0.1) is 0 Å². The van der Waals surface area contributed by atoms with Crippen LogP contribution in [0.1, 0.15) is 20.8 Å². The second-order valence-corrected chi connectivity index (χ2v) is 3.97. The molecule has 5 nitrogen and oxygen atoms in total. The van der Waals surface area contributed by atoms with Crippen LogP contribution in [0.2, 0.25) is 0 Å². The van der Waals surface area contributed by atoms with E-state index in [1.807, 2.05) is 0 Å². The Labute approximate surface area is 77.5 Å². The maximum absolute atomic E-state index is 11.3. The largest absolute Gasteiger partial charge is 0.458 e. The monoisotopic (exact) mass is 191 g/mol. The van der Waals surface area contributed by atoms with Crippen molar-refractivity contribution in [3.8, 4) is 0 Å². The number of hydrogen-bond donors (Lipinski definition) is 3. The van der Waals surface area contributed by atoms with Crippen LogP contribution in [-0.4, -0.2) is 40.5 Å². The fraction of sp³-hybridized carbons (Fsp3) is 0.875. The average molecular weight is 191 g/mol. The highest BCUT2D eigenvalue weighted by molar-refractivity contribution is 5.81. The molecule has 0 spiro atoms. The van der Waals surface area contributed by atoms with Crippen molar-refractivity contribution in [2.45, 2.75) is 31.9 Å². The molecule has 0 bridgehead atoms. The van der Waals surface area contributed by atoms with Crippen molar-refractivity contribution in [3.05, 3.63) is 0 Å². The number of aliphatic hydroxyl groups is 2. The molecular weight excluding hydrogens is 174 g/mol. The number of nitrogens with two attached hydrogens (primary N) is 1. The lowest BCUT2D eigenvalue weighted by Crippen LogP contribution is -2.56. The van der Waals surface area contributed by atoms with Crippen molar-refractivity contribution in [1.29, 1.82) is 0 Å². The quantitative estimate of drug-likeness (QED) is 0.498. The van der Waals surface area contributed by atoms with Crippen LogP contribution in [0.4, 0.5) is 0 Å². The Hall–Kier alpha value is -0.650. The van der Waals surface area contributed by atoms with E-state index in [2.05, 4.69) is 0 Å². The van der Waals surface area contributed by atoms with Gasteiger partial charge in [-0.05, 0) is 20.8 Å². The van der Waals surface area contributed by atoms with E-state index in [0.29, 0.717) is 0 Å². The zero-order chi connectivity index (χ0) is 10.7. The Balaban J connectivity index is 4.41. The van der Waals surface area contributed by atoms with Gasteiger partial charge >= 0.3 is 5.97 Å². The van der Waals surface area contributed by atoms with Crippen LogP contribution in [-0.2, 0) is 9.53 Å². The van der Waals surface area contributed by atoms with Gasteiger partial charge in [0.05, 0.1) is 13.2 Å². The molecule has 0 atom stereocenters. The number of esters is 1. The van der Waals surface area contributed by atoms with Crippen LogP contribution in [0, 0.1) is 0 Å². The Morgan fingerprint density at radius 1 is 1.31 bits per heavy atom. The highest BCUT2D eigenvalue weighted by atomic mass is 16.6. The van der Waals surface area contributed by atoms with Gasteiger partial charge in [0.15, 0.2) is 5.54 Å². The Bertz CT molecular complexity index is 181. The molecule has 0 aliphatic carbocycles. The van der Waals surface area contributed by atoms with E-state index in [1.165, 1.54) is 0 Å². The zero-order valence-electron chi connectivity index (χ0n) is 8.20. The Kier molecular flexibility index (Phi) is 3.84. The predicted molar refractivity (Wildman–Crippen MR) is 46.9 cm³/mol. The van der Waals surface area contributed by atoms with Crippen molar-refractivity contribution in [2.24, 2.45) is 5.73 Å². The van der Waals surface area contributed by atoms with Crippen LogP contribution >= 0.6 is 0 Å². The molecule has 78 valence electrons.